The Labute approximate surface area is 104 Å². The standard InChI is InChI=1S/C12H13NO5/c1-17-10-6-8(3-5-12(15)16)2-4-9(10)18-7-11(13)14/h2-6H,7H2,1H3,(H2,13,14)(H,15,16)/p-1/b5-3+. The van der Waals surface area contributed by atoms with Gasteiger partial charge in [0.25, 0.3) is 5.91 Å². The van der Waals surface area contributed by atoms with Gasteiger partial charge in [-0.1, -0.05) is 12.1 Å². The number of aliphatic carboxylic acids is 1. The molecule has 0 unspecified atom stereocenters. The van der Waals surface area contributed by atoms with E-state index in [1.54, 1.807) is 18.2 Å². The summed E-state index contributed by atoms with van der Waals surface area (Å²) in [5.74, 6) is -1.17. The number of carbonyl (C=O) groups is 2. The molecule has 0 aliphatic heterocycles. The maximum absolute atomic E-state index is 10.6. The number of nitrogens with two attached hydrogens (primary N) is 1. The Kier molecular flexibility index (Phi) is 4.74. The normalized spacial score (nSPS) is 10.3. The minimum absolute atomic E-state index is 0.259. The molecule has 2 N–H and O–H groups in total. The fourth-order valence-corrected chi connectivity index (χ4v) is 1.22. The second kappa shape index (κ2) is 6.29. The van der Waals surface area contributed by atoms with Crippen molar-refractivity contribution in [2.45, 2.75) is 0 Å². The summed E-state index contributed by atoms with van der Waals surface area (Å²) in [6.45, 7) is -0.259. The van der Waals surface area contributed by atoms with Crippen molar-refractivity contribution in [3.05, 3.63) is 29.8 Å². The molecule has 0 aromatic heterocycles. The summed E-state index contributed by atoms with van der Waals surface area (Å²) < 4.78 is 10.2. The topological polar surface area (TPSA) is 102 Å². The van der Waals surface area contributed by atoms with Gasteiger partial charge in [-0.15, -0.1) is 0 Å². The lowest BCUT2D eigenvalue weighted by Crippen LogP contribution is -2.20. The number of carboxylic acids is 1. The Morgan fingerprint density at radius 1 is 1.39 bits per heavy atom. The molecule has 1 rings (SSSR count). The van der Waals surface area contributed by atoms with E-state index in [1.165, 1.54) is 13.2 Å². The van der Waals surface area contributed by atoms with Crippen molar-refractivity contribution in [1.29, 1.82) is 0 Å². The van der Waals surface area contributed by atoms with Crippen molar-refractivity contribution >= 4 is 18.0 Å². The minimum Gasteiger partial charge on any atom is -0.545 e. The number of amides is 1. The summed E-state index contributed by atoms with van der Waals surface area (Å²) in [7, 11) is 1.43. The smallest absolute Gasteiger partial charge is 0.255 e. The van der Waals surface area contributed by atoms with Crippen molar-refractivity contribution in [2.75, 3.05) is 13.7 Å². The highest BCUT2D eigenvalue weighted by Gasteiger charge is 2.05. The first-order chi connectivity index (χ1) is 8.52. The van der Waals surface area contributed by atoms with Gasteiger partial charge in [0, 0.05) is 0 Å². The maximum Gasteiger partial charge on any atom is 0.255 e. The van der Waals surface area contributed by atoms with Gasteiger partial charge in [-0.05, 0) is 23.8 Å². The fourth-order valence-electron chi connectivity index (χ4n) is 1.22. The molecule has 6 nitrogen and oxygen atoms in total. The van der Waals surface area contributed by atoms with Gasteiger partial charge in [0.2, 0.25) is 0 Å². The van der Waals surface area contributed by atoms with Crippen LogP contribution in [-0.4, -0.2) is 25.6 Å². The molecule has 6 heteroatoms. The molecule has 0 atom stereocenters. The lowest BCUT2D eigenvalue weighted by Gasteiger charge is -2.09. The monoisotopic (exact) mass is 250 g/mol. The van der Waals surface area contributed by atoms with Crippen LogP contribution in [0.2, 0.25) is 0 Å². The van der Waals surface area contributed by atoms with Crippen LogP contribution in [0, 0.1) is 0 Å². The Morgan fingerprint density at radius 2 is 2.11 bits per heavy atom. The number of primary amides is 1. The first kappa shape index (κ1) is 13.6. The van der Waals surface area contributed by atoms with E-state index < -0.39 is 11.9 Å². The first-order valence-electron chi connectivity index (χ1n) is 5.01. The zero-order valence-electron chi connectivity index (χ0n) is 9.71. The third kappa shape index (κ3) is 4.17. The first-order valence-corrected chi connectivity index (χ1v) is 5.01. The zero-order chi connectivity index (χ0) is 13.5. The van der Waals surface area contributed by atoms with Crippen LogP contribution >= 0.6 is 0 Å². The average molecular weight is 250 g/mol. The van der Waals surface area contributed by atoms with Gasteiger partial charge in [-0.2, -0.15) is 0 Å². The molecule has 0 spiro atoms. The lowest BCUT2D eigenvalue weighted by molar-refractivity contribution is -0.297. The van der Waals surface area contributed by atoms with Gasteiger partial charge in [0.1, 0.15) is 0 Å². The van der Waals surface area contributed by atoms with Gasteiger partial charge in [0.05, 0.1) is 13.1 Å². The van der Waals surface area contributed by atoms with Crippen molar-refractivity contribution in [1.82, 2.24) is 0 Å². The van der Waals surface area contributed by atoms with E-state index in [2.05, 4.69) is 0 Å². The molecule has 0 fully saturated rings. The molecule has 0 bridgehead atoms. The zero-order valence-corrected chi connectivity index (χ0v) is 9.71. The second-order valence-electron chi connectivity index (χ2n) is 3.32. The molecular formula is C12H12NO5-. The van der Waals surface area contributed by atoms with E-state index in [4.69, 9.17) is 15.2 Å². The van der Waals surface area contributed by atoms with E-state index >= 15 is 0 Å². The Bertz CT molecular complexity index is 481. The molecule has 1 aromatic carbocycles. The molecule has 1 amide bonds. The van der Waals surface area contributed by atoms with Crippen LogP contribution in [0.1, 0.15) is 5.56 Å². The summed E-state index contributed by atoms with van der Waals surface area (Å²) >= 11 is 0. The summed E-state index contributed by atoms with van der Waals surface area (Å²) in [6.07, 6.45) is 2.26. The molecule has 18 heavy (non-hydrogen) atoms. The lowest BCUT2D eigenvalue weighted by atomic mass is 10.2. The van der Waals surface area contributed by atoms with Crippen LogP contribution in [0.15, 0.2) is 24.3 Å². The van der Waals surface area contributed by atoms with E-state index in [9.17, 15) is 14.7 Å². The summed E-state index contributed by atoms with van der Waals surface area (Å²) in [5.41, 5.74) is 5.55. The molecule has 1 aromatic rings. The minimum atomic E-state index is -1.29. The van der Waals surface area contributed by atoms with E-state index in [0.717, 1.165) is 6.08 Å². The number of hydrogen-bond acceptors (Lipinski definition) is 5. The van der Waals surface area contributed by atoms with Crippen molar-refractivity contribution in [2.24, 2.45) is 5.73 Å². The van der Waals surface area contributed by atoms with Gasteiger partial charge in [0.15, 0.2) is 18.1 Å². The highest BCUT2D eigenvalue weighted by atomic mass is 16.5. The van der Waals surface area contributed by atoms with E-state index in [-0.39, 0.29) is 6.61 Å². The maximum atomic E-state index is 10.6. The van der Waals surface area contributed by atoms with Crippen LogP contribution in [0.4, 0.5) is 0 Å². The quantitative estimate of drug-likeness (QED) is 0.674. The number of hydrogen-bond donors (Lipinski definition) is 1. The molecular weight excluding hydrogens is 238 g/mol. The summed E-state index contributed by atoms with van der Waals surface area (Å²) in [4.78, 5) is 20.9. The number of methoxy groups -OCH3 is 1. The van der Waals surface area contributed by atoms with E-state index in [1.807, 2.05) is 0 Å². The summed E-state index contributed by atoms with van der Waals surface area (Å²) in [5, 5.41) is 10.3. The number of benzene rings is 1. The number of carbonyl (C=O) groups excluding carboxylic acids is 2. The van der Waals surface area contributed by atoms with E-state index in [0.29, 0.717) is 17.1 Å². The predicted molar refractivity (Wildman–Crippen MR) is 61.7 cm³/mol. The molecule has 0 saturated heterocycles. The Morgan fingerprint density at radius 3 is 2.67 bits per heavy atom. The predicted octanol–water partition coefficient (Wildman–Crippen LogP) is -0.678. The van der Waals surface area contributed by atoms with Gasteiger partial charge in [-0.25, -0.2) is 0 Å². The van der Waals surface area contributed by atoms with Crippen molar-refractivity contribution in [3.8, 4) is 11.5 Å². The van der Waals surface area contributed by atoms with Crippen LogP contribution < -0.4 is 20.3 Å². The van der Waals surface area contributed by atoms with Gasteiger partial charge in [-0.3, -0.25) is 4.79 Å². The number of ether oxygens (including phenoxy) is 2. The third-order valence-corrected chi connectivity index (χ3v) is 1.97. The highest BCUT2D eigenvalue weighted by molar-refractivity contribution is 5.83. The Balaban J connectivity index is 2.89. The second-order valence-corrected chi connectivity index (χ2v) is 3.32. The number of rotatable bonds is 6. The average Bonchev–Trinajstić information content (AvgIpc) is 2.34. The SMILES string of the molecule is COc1cc(/C=C/C(=O)[O-])ccc1OCC(N)=O. The summed E-state index contributed by atoms with van der Waals surface area (Å²) in [6, 6.07) is 4.73. The molecule has 0 aliphatic carbocycles. The fraction of sp³-hybridized carbons (Fsp3) is 0.167. The molecule has 0 saturated carbocycles. The van der Waals surface area contributed by atoms with Crippen LogP contribution in [0.5, 0.6) is 11.5 Å². The third-order valence-electron chi connectivity index (χ3n) is 1.97. The molecule has 0 aliphatic rings. The molecule has 96 valence electrons. The molecule has 0 heterocycles. The molecule has 0 radical (unpaired) electrons. The highest BCUT2D eigenvalue weighted by Crippen LogP contribution is 2.28. The van der Waals surface area contributed by atoms with Crippen LogP contribution in [0.3, 0.4) is 0 Å². The van der Waals surface area contributed by atoms with Crippen molar-refractivity contribution < 1.29 is 24.2 Å². The van der Waals surface area contributed by atoms with Crippen LogP contribution in [0.25, 0.3) is 6.08 Å². The number of carboxylic acid groups (broad SMARTS) is 1. The Hall–Kier alpha value is -2.50. The van der Waals surface area contributed by atoms with Crippen molar-refractivity contribution in [3.63, 3.8) is 0 Å². The van der Waals surface area contributed by atoms with Crippen LogP contribution in [-0.2, 0) is 9.59 Å². The largest absolute Gasteiger partial charge is 0.545 e. The van der Waals surface area contributed by atoms with Gasteiger partial charge < -0.3 is 25.1 Å². The van der Waals surface area contributed by atoms with Gasteiger partial charge >= 0.3 is 0 Å².